The molecular weight excluding hydrogens is 338 g/mol. The zero-order valence-corrected chi connectivity index (χ0v) is 15.9. The van der Waals surface area contributed by atoms with Crippen LogP contribution in [0.25, 0.3) is 0 Å². The number of hydrogen-bond acceptors (Lipinski definition) is 3. The van der Waals surface area contributed by atoms with Crippen molar-refractivity contribution in [3.63, 3.8) is 0 Å². The standard InChI is InChI=1S/C18H27N3O3S/c1-15-6-7-16(2)17(14-15)25(23,24)21-12-10-20(11-13-21)18(22)19-8-4-3-5-9-19/h6-7,14H,3-5,8-13H2,1-2H3. The van der Waals surface area contributed by atoms with Crippen molar-refractivity contribution in [3.05, 3.63) is 29.3 Å². The van der Waals surface area contributed by atoms with Crippen molar-refractivity contribution < 1.29 is 13.2 Å². The van der Waals surface area contributed by atoms with Gasteiger partial charge in [-0.2, -0.15) is 4.31 Å². The van der Waals surface area contributed by atoms with E-state index in [-0.39, 0.29) is 6.03 Å². The van der Waals surface area contributed by atoms with Gasteiger partial charge in [0.15, 0.2) is 0 Å². The first-order valence-corrected chi connectivity index (χ1v) is 10.4. The summed E-state index contributed by atoms with van der Waals surface area (Å²) in [5.41, 5.74) is 1.69. The lowest BCUT2D eigenvalue weighted by atomic mass is 10.1. The number of urea groups is 1. The number of sulfonamides is 1. The highest BCUT2D eigenvalue weighted by molar-refractivity contribution is 7.89. The van der Waals surface area contributed by atoms with Crippen LogP contribution in [-0.4, -0.2) is 67.8 Å². The summed E-state index contributed by atoms with van der Waals surface area (Å²) in [6, 6.07) is 5.56. The Kier molecular flexibility index (Phi) is 5.34. The van der Waals surface area contributed by atoms with Crippen LogP contribution >= 0.6 is 0 Å². The number of piperazine rings is 1. The van der Waals surface area contributed by atoms with Gasteiger partial charge in [-0.1, -0.05) is 12.1 Å². The zero-order chi connectivity index (χ0) is 18.0. The summed E-state index contributed by atoms with van der Waals surface area (Å²) in [6.07, 6.45) is 3.31. The molecule has 0 aliphatic carbocycles. The minimum atomic E-state index is -3.51. The molecule has 0 bridgehead atoms. The summed E-state index contributed by atoms with van der Waals surface area (Å²) in [6.45, 7) is 6.99. The SMILES string of the molecule is Cc1ccc(C)c(S(=O)(=O)N2CCN(C(=O)N3CCCCC3)CC2)c1. The molecule has 0 spiro atoms. The monoisotopic (exact) mass is 365 g/mol. The Morgan fingerprint density at radius 1 is 0.880 bits per heavy atom. The number of hydrogen-bond donors (Lipinski definition) is 0. The third-order valence-electron chi connectivity index (χ3n) is 5.10. The smallest absolute Gasteiger partial charge is 0.320 e. The van der Waals surface area contributed by atoms with E-state index in [1.54, 1.807) is 11.0 Å². The van der Waals surface area contributed by atoms with Crippen molar-refractivity contribution in [2.75, 3.05) is 39.3 Å². The summed E-state index contributed by atoms with van der Waals surface area (Å²) in [5.74, 6) is 0. The van der Waals surface area contributed by atoms with Crippen LogP contribution in [0.4, 0.5) is 4.79 Å². The van der Waals surface area contributed by atoms with Gasteiger partial charge < -0.3 is 9.80 Å². The highest BCUT2D eigenvalue weighted by Crippen LogP contribution is 2.23. The van der Waals surface area contributed by atoms with Crippen molar-refractivity contribution in [1.29, 1.82) is 0 Å². The number of nitrogens with zero attached hydrogens (tertiary/aromatic N) is 3. The second-order valence-electron chi connectivity index (χ2n) is 6.99. The number of amides is 2. The van der Waals surface area contributed by atoms with E-state index in [0.29, 0.717) is 31.1 Å². The minimum absolute atomic E-state index is 0.0588. The fourth-order valence-corrected chi connectivity index (χ4v) is 5.26. The maximum atomic E-state index is 13.0. The summed E-state index contributed by atoms with van der Waals surface area (Å²) in [4.78, 5) is 16.6. The number of piperidine rings is 1. The van der Waals surface area contributed by atoms with Crippen molar-refractivity contribution in [1.82, 2.24) is 14.1 Å². The van der Waals surface area contributed by atoms with Crippen LogP contribution < -0.4 is 0 Å². The highest BCUT2D eigenvalue weighted by atomic mass is 32.2. The first-order valence-electron chi connectivity index (χ1n) is 9.01. The molecule has 3 rings (SSSR count). The Balaban J connectivity index is 1.67. The highest BCUT2D eigenvalue weighted by Gasteiger charge is 2.32. The molecule has 2 fully saturated rings. The van der Waals surface area contributed by atoms with Gasteiger partial charge >= 0.3 is 6.03 Å². The lowest BCUT2D eigenvalue weighted by Gasteiger charge is -2.38. The third-order valence-corrected chi connectivity index (χ3v) is 7.14. The molecule has 2 aliphatic rings. The Morgan fingerprint density at radius 3 is 2.12 bits per heavy atom. The van der Waals surface area contributed by atoms with E-state index in [1.165, 1.54) is 10.7 Å². The normalized spacial score (nSPS) is 19.9. The van der Waals surface area contributed by atoms with Crippen LogP contribution in [0.15, 0.2) is 23.1 Å². The van der Waals surface area contributed by atoms with Crippen LogP contribution in [0.3, 0.4) is 0 Å². The first kappa shape index (κ1) is 18.2. The molecule has 2 amide bonds. The van der Waals surface area contributed by atoms with E-state index in [9.17, 15) is 13.2 Å². The van der Waals surface area contributed by atoms with Crippen LogP contribution in [0.5, 0.6) is 0 Å². The van der Waals surface area contributed by atoms with Crippen LogP contribution in [0.2, 0.25) is 0 Å². The van der Waals surface area contributed by atoms with Gasteiger partial charge in [-0.25, -0.2) is 13.2 Å². The maximum absolute atomic E-state index is 13.0. The van der Waals surface area contributed by atoms with Gasteiger partial charge in [-0.05, 0) is 50.3 Å². The maximum Gasteiger partial charge on any atom is 0.320 e. The molecule has 1 aromatic carbocycles. The Morgan fingerprint density at radius 2 is 1.48 bits per heavy atom. The number of likely N-dealkylation sites (tertiary alicyclic amines) is 1. The van der Waals surface area contributed by atoms with E-state index >= 15 is 0 Å². The van der Waals surface area contributed by atoms with Gasteiger partial charge in [-0.15, -0.1) is 0 Å². The number of carbonyl (C=O) groups is 1. The number of aryl methyl sites for hydroxylation is 2. The van der Waals surface area contributed by atoms with E-state index < -0.39 is 10.0 Å². The third kappa shape index (κ3) is 3.82. The van der Waals surface area contributed by atoms with Gasteiger partial charge in [0.25, 0.3) is 0 Å². The minimum Gasteiger partial charge on any atom is -0.325 e. The lowest BCUT2D eigenvalue weighted by Crippen LogP contribution is -2.54. The van der Waals surface area contributed by atoms with E-state index in [0.717, 1.165) is 37.1 Å². The van der Waals surface area contributed by atoms with Crippen molar-refractivity contribution in [2.24, 2.45) is 0 Å². The van der Waals surface area contributed by atoms with Gasteiger partial charge in [0, 0.05) is 39.3 Å². The number of carbonyl (C=O) groups excluding carboxylic acids is 1. The molecular formula is C18H27N3O3S. The summed E-state index contributed by atoms with van der Waals surface area (Å²) in [7, 11) is -3.51. The lowest BCUT2D eigenvalue weighted by molar-refractivity contribution is 0.126. The van der Waals surface area contributed by atoms with Crippen molar-refractivity contribution in [3.8, 4) is 0 Å². The van der Waals surface area contributed by atoms with Crippen molar-refractivity contribution in [2.45, 2.75) is 38.0 Å². The van der Waals surface area contributed by atoms with Gasteiger partial charge in [0.1, 0.15) is 0 Å². The van der Waals surface area contributed by atoms with Crippen molar-refractivity contribution >= 4 is 16.1 Å². The molecule has 2 aliphatic heterocycles. The van der Waals surface area contributed by atoms with E-state index in [1.807, 2.05) is 30.9 Å². The summed E-state index contributed by atoms with van der Waals surface area (Å²) < 4.78 is 27.4. The van der Waals surface area contributed by atoms with Gasteiger partial charge in [-0.3, -0.25) is 0 Å². The van der Waals surface area contributed by atoms with Crippen LogP contribution in [-0.2, 0) is 10.0 Å². The molecule has 0 N–H and O–H groups in total. The number of rotatable bonds is 2. The predicted molar refractivity (Wildman–Crippen MR) is 97.1 cm³/mol. The molecule has 0 saturated carbocycles. The predicted octanol–water partition coefficient (Wildman–Crippen LogP) is 2.22. The number of benzene rings is 1. The fraction of sp³-hybridized carbons (Fsp3) is 0.611. The summed E-state index contributed by atoms with van der Waals surface area (Å²) >= 11 is 0. The molecule has 0 atom stereocenters. The van der Waals surface area contributed by atoms with Crippen LogP contribution in [0.1, 0.15) is 30.4 Å². The molecule has 25 heavy (non-hydrogen) atoms. The molecule has 0 radical (unpaired) electrons. The molecule has 1 aromatic rings. The molecule has 0 aromatic heterocycles. The fourth-order valence-electron chi connectivity index (χ4n) is 3.53. The van der Waals surface area contributed by atoms with Gasteiger partial charge in [0.2, 0.25) is 10.0 Å². The molecule has 0 unspecified atom stereocenters. The summed E-state index contributed by atoms with van der Waals surface area (Å²) in [5, 5.41) is 0. The Labute approximate surface area is 150 Å². The second kappa shape index (κ2) is 7.33. The topological polar surface area (TPSA) is 60.9 Å². The van der Waals surface area contributed by atoms with E-state index in [4.69, 9.17) is 0 Å². The molecule has 138 valence electrons. The second-order valence-corrected chi connectivity index (χ2v) is 8.90. The molecule has 7 heteroatoms. The average molecular weight is 365 g/mol. The van der Waals surface area contributed by atoms with Crippen LogP contribution in [0, 0.1) is 13.8 Å². The Hall–Kier alpha value is -1.60. The molecule has 2 heterocycles. The largest absolute Gasteiger partial charge is 0.325 e. The van der Waals surface area contributed by atoms with E-state index in [2.05, 4.69) is 0 Å². The zero-order valence-electron chi connectivity index (χ0n) is 15.1. The first-order chi connectivity index (χ1) is 11.9. The average Bonchev–Trinajstić information content (AvgIpc) is 2.64. The van der Waals surface area contributed by atoms with Gasteiger partial charge in [0.05, 0.1) is 4.90 Å². The Bertz CT molecular complexity index is 734. The molecule has 6 nitrogen and oxygen atoms in total. The quantitative estimate of drug-likeness (QED) is 0.807. The molecule has 2 saturated heterocycles.